The minimum Gasteiger partial charge on any atom is -0.382 e. The van der Waals surface area contributed by atoms with Crippen LogP contribution in [0.4, 0.5) is 8.78 Å². The third-order valence-electron chi connectivity index (χ3n) is 2.77. The molecule has 1 aromatic heterocycles. The molecule has 0 aliphatic carbocycles. The Bertz CT molecular complexity index is 530. The standard InChI is InChI=1S/C12H13F2N3O/c13-9-1-2-10(11(14)5-9)12(18,6-15)7-17-4-3-16-8-17/h1-5,8,18H,6-7,15H2. The van der Waals surface area contributed by atoms with E-state index in [2.05, 4.69) is 4.98 Å². The van der Waals surface area contributed by atoms with Crippen molar-refractivity contribution in [3.05, 3.63) is 54.1 Å². The zero-order valence-corrected chi connectivity index (χ0v) is 9.55. The van der Waals surface area contributed by atoms with Crippen LogP contribution in [0, 0.1) is 11.6 Å². The summed E-state index contributed by atoms with van der Waals surface area (Å²) in [4.78, 5) is 3.83. The molecule has 0 aliphatic heterocycles. The van der Waals surface area contributed by atoms with E-state index in [0.717, 1.165) is 12.1 Å². The minimum absolute atomic E-state index is 0.0277. The van der Waals surface area contributed by atoms with Crippen molar-refractivity contribution in [1.29, 1.82) is 0 Å². The number of rotatable bonds is 4. The first kappa shape index (κ1) is 12.7. The van der Waals surface area contributed by atoms with Gasteiger partial charge in [-0.2, -0.15) is 0 Å². The van der Waals surface area contributed by atoms with Crippen molar-refractivity contribution in [3.8, 4) is 0 Å². The summed E-state index contributed by atoms with van der Waals surface area (Å²) in [5.74, 6) is -1.51. The van der Waals surface area contributed by atoms with Gasteiger partial charge in [0.2, 0.25) is 0 Å². The highest BCUT2D eigenvalue weighted by Crippen LogP contribution is 2.25. The van der Waals surface area contributed by atoms with Crippen LogP contribution in [-0.2, 0) is 12.1 Å². The highest BCUT2D eigenvalue weighted by Gasteiger charge is 2.31. The Morgan fingerprint density at radius 3 is 2.72 bits per heavy atom. The fourth-order valence-electron chi connectivity index (χ4n) is 1.81. The second kappa shape index (κ2) is 4.83. The zero-order valence-electron chi connectivity index (χ0n) is 9.55. The summed E-state index contributed by atoms with van der Waals surface area (Å²) < 4.78 is 28.1. The van der Waals surface area contributed by atoms with Crippen LogP contribution in [0.25, 0.3) is 0 Å². The van der Waals surface area contributed by atoms with Gasteiger partial charge in [-0.1, -0.05) is 6.07 Å². The maximum atomic E-state index is 13.7. The van der Waals surface area contributed by atoms with Gasteiger partial charge in [0.1, 0.15) is 17.2 Å². The highest BCUT2D eigenvalue weighted by molar-refractivity contribution is 5.25. The van der Waals surface area contributed by atoms with E-state index >= 15 is 0 Å². The lowest BCUT2D eigenvalue weighted by molar-refractivity contribution is 0.0239. The van der Waals surface area contributed by atoms with Crippen LogP contribution in [0.15, 0.2) is 36.9 Å². The van der Waals surface area contributed by atoms with Gasteiger partial charge >= 0.3 is 0 Å². The molecule has 4 nitrogen and oxygen atoms in total. The number of aliphatic hydroxyl groups is 1. The van der Waals surface area contributed by atoms with E-state index in [9.17, 15) is 13.9 Å². The van der Waals surface area contributed by atoms with Crippen LogP contribution < -0.4 is 5.73 Å². The molecule has 0 saturated carbocycles. The van der Waals surface area contributed by atoms with E-state index in [4.69, 9.17) is 5.73 Å². The largest absolute Gasteiger partial charge is 0.382 e. The Morgan fingerprint density at radius 2 is 2.17 bits per heavy atom. The van der Waals surface area contributed by atoms with Crippen molar-refractivity contribution < 1.29 is 13.9 Å². The van der Waals surface area contributed by atoms with E-state index in [1.54, 1.807) is 10.8 Å². The topological polar surface area (TPSA) is 64.1 Å². The Hall–Kier alpha value is -1.79. The molecule has 0 spiro atoms. The zero-order chi connectivity index (χ0) is 13.2. The average Bonchev–Trinajstić information content (AvgIpc) is 2.81. The summed E-state index contributed by atoms with van der Waals surface area (Å²) in [6.07, 6.45) is 4.65. The molecule has 2 rings (SSSR count). The van der Waals surface area contributed by atoms with E-state index in [1.807, 2.05) is 0 Å². The minimum atomic E-state index is -1.60. The molecule has 6 heteroatoms. The molecule has 1 aromatic carbocycles. The first-order valence-corrected chi connectivity index (χ1v) is 5.39. The van der Waals surface area contributed by atoms with Gasteiger partial charge in [-0.15, -0.1) is 0 Å². The van der Waals surface area contributed by atoms with Crippen molar-refractivity contribution in [2.45, 2.75) is 12.1 Å². The Balaban J connectivity index is 2.36. The molecule has 0 bridgehead atoms. The Labute approximate surface area is 103 Å². The molecule has 18 heavy (non-hydrogen) atoms. The molecule has 0 saturated heterocycles. The van der Waals surface area contributed by atoms with Gasteiger partial charge in [-0.3, -0.25) is 0 Å². The first-order valence-electron chi connectivity index (χ1n) is 5.39. The Kier molecular flexibility index (Phi) is 3.40. The van der Waals surface area contributed by atoms with Crippen LogP contribution in [0.1, 0.15) is 5.56 Å². The van der Waals surface area contributed by atoms with Gasteiger partial charge < -0.3 is 15.4 Å². The number of halogens is 2. The summed E-state index contributed by atoms with van der Waals surface area (Å²) >= 11 is 0. The summed E-state index contributed by atoms with van der Waals surface area (Å²) in [7, 11) is 0. The molecule has 0 radical (unpaired) electrons. The number of hydrogen-bond acceptors (Lipinski definition) is 3. The first-order chi connectivity index (χ1) is 8.55. The monoisotopic (exact) mass is 253 g/mol. The fourth-order valence-corrected chi connectivity index (χ4v) is 1.81. The molecule has 3 N–H and O–H groups in total. The molecule has 1 unspecified atom stereocenters. The SMILES string of the molecule is NCC(O)(Cn1ccnc1)c1ccc(F)cc1F. The number of aromatic nitrogens is 2. The van der Waals surface area contributed by atoms with Crippen molar-refractivity contribution in [1.82, 2.24) is 9.55 Å². The van der Waals surface area contributed by atoms with Gasteiger partial charge in [0.15, 0.2) is 0 Å². The van der Waals surface area contributed by atoms with Crippen LogP contribution in [0.2, 0.25) is 0 Å². The maximum absolute atomic E-state index is 13.7. The highest BCUT2D eigenvalue weighted by atomic mass is 19.1. The number of benzene rings is 1. The lowest BCUT2D eigenvalue weighted by Gasteiger charge is -2.27. The number of imidazole rings is 1. The number of hydrogen-bond donors (Lipinski definition) is 2. The Morgan fingerprint density at radius 1 is 1.39 bits per heavy atom. The second-order valence-corrected chi connectivity index (χ2v) is 4.09. The lowest BCUT2D eigenvalue weighted by Crippen LogP contribution is -2.39. The normalized spacial score (nSPS) is 14.4. The quantitative estimate of drug-likeness (QED) is 0.854. The average molecular weight is 253 g/mol. The number of nitrogens with zero attached hydrogens (tertiary/aromatic N) is 2. The summed E-state index contributed by atoms with van der Waals surface area (Å²) in [5, 5.41) is 10.4. The smallest absolute Gasteiger partial charge is 0.132 e. The van der Waals surface area contributed by atoms with E-state index in [0.29, 0.717) is 0 Å². The molecule has 1 atom stereocenters. The van der Waals surface area contributed by atoms with Gasteiger partial charge in [0, 0.05) is 30.6 Å². The summed E-state index contributed by atoms with van der Waals surface area (Å²) in [6.45, 7) is -0.139. The molecule has 2 aromatic rings. The molecule has 0 aliphatic rings. The van der Waals surface area contributed by atoms with E-state index in [-0.39, 0.29) is 18.7 Å². The number of nitrogens with two attached hydrogens (primary N) is 1. The van der Waals surface area contributed by atoms with Crippen molar-refractivity contribution >= 4 is 0 Å². The van der Waals surface area contributed by atoms with Crippen molar-refractivity contribution in [2.24, 2.45) is 5.73 Å². The van der Waals surface area contributed by atoms with E-state index in [1.165, 1.54) is 18.6 Å². The molecule has 0 fully saturated rings. The molecule has 1 heterocycles. The maximum Gasteiger partial charge on any atom is 0.132 e. The lowest BCUT2D eigenvalue weighted by atomic mass is 9.93. The van der Waals surface area contributed by atoms with Crippen LogP contribution in [0.3, 0.4) is 0 Å². The summed E-state index contributed by atoms with van der Waals surface area (Å²) in [6, 6.07) is 3.02. The van der Waals surface area contributed by atoms with Crippen LogP contribution in [-0.4, -0.2) is 21.2 Å². The van der Waals surface area contributed by atoms with Crippen molar-refractivity contribution in [3.63, 3.8) is 0 Å². The predicted octanol–water partition coefficient (Wildman–Crippen LogP) is 1.01. The second-order valence-electron chi connectivity index (χ2n) is 4.09. The van der Waals surface area contributed by atoms with Crippen molar-refractivity contribution in [2.75, 3.05) is 6.54 Å². The molecule has 96 valence electrons. The van der Waals surface area contributed by atoms with Crippen LogP contribution >= 0.6 is 0 Å². The van der Waals surface area contributed by atoms with Gasteiger partial charge in [0.05, 0.1) is 12.9 Å². The molecule has 0 amide bonds. The van der Waals surface area contributed by atoms with Gasteiger partial charge in [-0.05, 0) is 6.07 Å². The van der Waals surface area contributed by atoms with Gasteiger partial charge in [0.25, 0.3) is 0 Å². The third-order valence-corrected chi connectivity index (χ3v) is 2.77. The third kappa shape index (κ3) is 2.39. The predicted molar refractivity (Wildman–Crippen MR) is 61.5 cm³/mol. The molecular formula is C12H13F2N3O. The summed E-state index contributed by atoms with van der Waals surface area (Å²) in [5.41, 5.74) is 3.89. The van der Waals surface area contributed by atoms with Gasteiger partial charge in [-0.25, -0.2) is 13.8 Å². The van der Waals surface area contributed by atoms with E-state index < -0.39 is 17.2 Å². The molecular weight excluding hydrogens is 240 g/mol. The fraction of sp³-hybridized carbons (Fsp3) is 0.250. The van der Waals surface area contributed by atoms with Crippen LogP contribution in [0.5, 0.6) is 0 Å².